The van der Waals surface area contributed by atoms with Gasteiger partial charge in [0.2, 0.25) is 6.04 Å². The van der Waals surface area contributed by atoms with Crippen LogP contribution in [0.2, 0.25) is 0 Å². The van der Waals surface area contributed by atoms with Gasteiger partial charge in [-0.25, -0.2) is 9.59 Å². The van der Waals surface area contributed by atoms with E-state index < -0.39 is 30.0 Å². The molecule has 4 N–H and O–H groups in total. The summed E-state index contributed by atoms with van der Waals surface area (Å²) < 4.78 is 0. The summed E-state index contributed by atoms with van der Waals surface area (Å²) in [5, 5.41) is 26.9. The molecule has 0 saturated carbocycles. The minimum absolute atomic E-state index is 0. The van der Waals surface area contributed by atoms with Gasteiger partial charge in [-0.1, -0.05) is 0 Å². The molecule has 0 aliphatic rings. The van der Waals surface area contributed by atoms with Crippen LogP contribution in [0.15, 0.2) is 0 Å². The molecule has 0 aromatic heterocycles. The first-order chi connectivity index (χ1) is 5.86. The predicted molar refractivity (Wildman–Crippen MR) is 41.5 cm³/mol. The van der Waals surface area contributed by atoms with Gasteiger partial charge in [0, 0.05) is 0 Å². The average Bonchev–Trinajstić information content (AvgIpc) is 1.97. The summed E-state index contributed by atoms with van der Waals surface area (Å²) in [4.78, 5) is 30.8. The molecule has 0 heterocycles. The van der Waals surface area contributed by atoms with Crippen LogP contribution in [-0.2, 0) is 14.4 Å². The summed E-state index contributed by atoms with van der Waals surface area (Å²) in [5.74, 6) is -4.56. The Hall–Kier alpha value is 0.370. The van der Waals surface area contributed by atoms with Crippen LogP contribution in [0.1, 0.15) is 9.78 Å². The van der Waals surface area contributed by atoms with Crippen LogP contribution >= 0.6 is 0 Å². The van der Waals surface area contributed by atoms with Gasteiger partial charge in [0.1, 0.15) is 6.04 Å². The van der Waals surface area contributed by atoms with E-state index in [4.69, 9.17) is 15.3 Å². The van der Waals surface area contributed by atoms with Gasteiger partial charge in [0.25, 0.3) is 0 Å². The van der Waals surface area contributed by atoms with Gasteiger partial charge < -0.3 is 18.2 Å². The molecule has 0 rings (SSSR count). The third-order valence-corrected chi connectivity index (χ3v) is 1.28. The number of carboxylic acids is 3. The van der Waals surface area contributed by atoms with E-state index in [0.29, 0.717) is 0 Å². The number of nitrogens with one attached hydrogen (secondary N) is 1. The number of carboxylic acid groups (broad SMARTS) is 3. The van der Waals surface area contributed by atoms with E-state index in [1.54, 1.807) is 0 Å². The van der Waals surface area contributed by atoms with Crippen LogP contribution in [0.25, 0.3) is 0 Å². The van der Waals surface area contributed by atoms with Crippen LogP contribution in [-0.4, -0.2) is 45.3 Å². The van der Waals surface area contributed by atoms with E-state index in [0.717, 1.165) is 6.92 Å². The second-order valence-electron chi connectivity index (χ2n) is 2.34. The number of aliphatic carboxylic acids is 3. The fraction of sp³-hybridized carbons (Fsp3) is 0.500. The van der Waals surface area contributed by atoms with E-state index >= 15 is 0 Å². The Balaban J connectivity index is -0.000000120. The van der Waals surface area contributed by atoms with Gasteiger partial charge in [0.05, 0.1) is 0 Å². The molecule has 1 atom stereocenters. The van der Waals surface area contributed by atoms with Gasteiger partial charge in [-0.15, -0.1) is 0 Å². The van der Waals surface area contributed by atoms with E-state index in [1.807, 2.05) is 5.32 Å². The molecule has 1 unspecified atom stereocenters. The minimum atomic E-state index is -1.90. The zero-order valence-corrected chi connectivity index (χ0v) is 12.7. The minimum Gasteiger partial charge on any atom is -1.00 e. The second-order valence-corrected chi connectivity index (χ2v) is 2.34. The fourth-order valence-electron chi connectivity index (χ4n) is 0.569. The van der Waals surface area contributed by atoms with Crippen LogP contribution in [0, 0.1) is 0 Å². The molecule has 0 radical (unpaired) electrons. The van der Waals surface area contributed by atoms with Crippen molar-refractivity contribution in [2.24, 2.45) is 0 Å². The van der Waals surface area contributed by atoms with Crippen LogP contribution in [0.5, 0.6) is 0 Å². The van der Waals surface area contributed by atoms with Crippen molar-refractivity contribution in [3.05, 3.63) is 0 Å². The zero-order valence-electron chi connectivity index (χ0n) is 10.7. The van der Waals surface area contributed by atoms with Gasteiger partial charge in [-0.3, -0.25) is 10.1 Å². The van der Waals surface area contributed by atoms with Crippen molar-refractivity contribution in [1.82, 2.24) is 5.32 Å². The Morgan fingerprint density at radius 3 is 1.53 bits per heavy atom. The van der Waals surface area contributed by atoms with Crippen molar-refractivity contribution < 1.29 is 91.7 Å². The van der Waals surface area contributed by atoms with Gasteiger partial charge in [-0.2, -0.15) is 0 Å². The normalized spacial score (nSPS) is 10.8. The van der Waals surface area contributed by atoms with Crippen LogP contribution in [0.3, 0.4) is 0 Å². The zero-order chi connectivity index (χ0) is 10.6. The molecule has 9 heteroatoms. The van der Waals surface area contributed by atoms with Crippen molar-refractivity contribution in [3.63, 3.8) is 0 Å². The molecule has 0 spiro atoms. The Kier molecular flexibility index (Phi) is 13.3. The Bertz CT molecular complexity index is 241. The largest absolute Gasteiger partial charge is 1.00 e. The van der Waals surface area contributed by atoms with E-state index in [1.165, 1.54) is 0 Å². The maximum atomic E-state index is 10.3. The number of rotatable bonds is 5. The monoisotopic (exact) mass is 239 g/mol. The second kappa shape index (κ2) is 9.59. The maximum Gasteiger partial charge on any atom is 1.00 e. The average molecular weight is 239 g/mol. The maximum absolute atomic E-state index is 10.3. The molecule has 78 valence electrons. The summed E-state index contributed by atoms with van der Waals surface area (Å²) in [6, 6.07) is -3.12. The molecule has 15 heavy (non-hydrogen) atoms. The Morgan fingerprint density at radius 1 is 1.00 bits per heavy atom. The molecule has 0 aliphatic carbocycles. The van der Waals surface area contributed by atoms with Gasteiger partial charge in [-0.05, 0) is 6.92 Å². The number of hydrogen-bond donors (Lipinski definition) is 4. The molecule has 0 amide bonds. The molecule has 0 fully saturated rings. The molecular weight excluding hydrogens is 228 g/mol. The first kappa shape index (κ1) is 20.7. The molecule has 0 aliphatic heterocycles. The molecule has 0 aromatic carbocycles. The smallest absolute Gasteiger partial charge is 1.00 e. The molecule has 0 aromatic rings. The van der Waals surface area contributed by atoms with E-state index in [-0.39, 0.29) is 62.0 Å². The predicted octanol–water partition coefficient (Wildman–Crippen LogP) is -7.18. The van der Waals surface area contributed by atoms with Gasteiger partial charge >= 0.3 is 77.0 Å². The quantitative estimate of drug-likeness (QED) is 0.277. The first-order valence-electron chi connectivity index (χ1n) is 3.30. The fourth-order valence-corrected chi connectivity index (χ4v) is 0.569. The molecule has 0 saturated heterocycles. The van der Waals surface area contributed by atoms with Crippen molar-refractivity contribution in [1.29, 1.82) is 0 Å². The Labute approximate surface area is 133 Å². The topological polar surface area (TPSA) is 124 Å². The van der Waals surface area contributed by atoms with Crippen molar-refractivity contribution in [3.8, 4) is 0 Å². The number of carbonyl (C=O) groups is 3. The SMILES string of the molecule is CC(NC(C(=O)O)C(=O)O)C(=O)O.[H-].[H-].[Na+].[Na+]. The first-order valence-corrected chi connectivity index (χ1v) is 3.30. The summed E-state index contributed by atoms with van der Waals surface area (Å²) in [6.07, 6.45) is 0. The summed E-state index contributed by atoms with van der Waals surface area (Å²) in [7, 11) is 0. The molecular formula is C6H11NNa2O6. The Morgan fingerprint density at radius 2 is 1.33 bits per heavy atom. The van der Waals surface area contributed by atoms with Crippen LogP contribution in [0.4, 0.5) is 0 Å². The molecule has 7 nitrogen and oxygen atoms in total. The van der Waals surface area contributed by atoms with E-state index in [2.05, 4.69) is 0 Å². The van der Waals surface area contributed by atoms with Crippen molar-refractivity contribution in [2.75, 3.05) is 0 Å². The summed E-state index contributed by atoms with van der Waals surface area (Å²) in [5.41, 5.74) is 0. The van der Waals surface area contributed by atoms with E-state index in [9.17, 15) is 14.4 Å². The standard InChI is InChI=1S/C6H9NO6.2Na.2H/c1-2(4(8)9)7-3(5(10)11)6(12)13;;;;/h2-3,7H,1H3,(H,8,9)(H,10,11)(H,12,13);;;;/q;2*+1;2*-1. The third-order valence-electron chi connectivity index (χ3n) is 1.28. The number of hydrogen-bond acceptors (Lipinski definition) is 4. The summed E-state index contributed by atoms with van der Waals surface area (Å²) >= 11 is 0. The summed E-state index contributed by atoms with van der Waals surface area (Å²) in [6.45, 7) is 1.15. The van der Waals surface area contributed by atoms with Crippen LogP contribution < -0.4 is 64.4 Å². The van der Waals surface area contributed by atoms with Crippen molar-refractivity contribution in [2.45, 2.75) is 19.0 Å². The van der Waals surface area contributed by atoms with Crippen molar-refractivity contribution >= 4 is 17.9 Å². The molecule has 0 bridgehead atoms. The third kappa shape index (κ3) is 8.21. The van der Waals surface area contributed by atoms with Gasteiger partial charge in [0.15, 0.2) is 0 Å².